The summed E-state index contributed by atoms with van der Waals surface area (Å²) in [4.78, 5) is 15.4. The van der Waals surface area contributed by atoms with Gasteiger partial charge >= 0.3 is 5.97 Å². The highest BCUT2D eigenvalue weighted by atomic mass is 16.6. The van der Waals surface area contributed by atoms with E-state index in [2.05, 4.69) is 23.1 Å². The molecule has 0 radical (unpaired) electrons. The van der Waals surface area contributed by atoms with Gasteiger partial charge in [-0.25, -0.2) is 4.79 Å². The van der Waals surface area contributed by atoms with E-state index in [0.29, 0.717) is 30.2 Å². The van der Waals surface area contributed by atoms with Crippen molar-refractivity contribution in [2.24, 2.45) is 0 Å². The number of nitrogens with zero attached hydrogens (tertiary/aromatic N) is 1. The Hall–Kier alpha value is -5.23. The molecule has 1 atom stereocenters. The molecule has 5 aromatic carbocycles. The van der Waals surface area contributed by atoms with Crippen LogP contribution in [0.4, 0.5) is 5.69 Å². The molecule has 42 heavy (non-hydrogen) atoms. The third kappa shape index (κ3) is 4.06. The molecule has 0 N–H and O–H groups in total. The third-order valence-electron chi connectivity index (χ3n) is 8.08. The van der Waals surface area contributed by atoms with Gasteiger partial charge in [-0.3, -0.25) is 0 Å². The summed E-state index contributed by atoms with van der Waals surface area (Å²) in [6.45, 7) is 1.17. The summed E-state index contributed by atoms with van der Waals surface area (Å²) in [7, 11) is 3.38. The average Bonchev–Trinajstić information content (AvgIpc) is 3.33. The number of methoxy groups -OCH3 is 2. The Morgan fingerprint density at radius 2 is 1.21 bits per heavy atom. The normalized spacial score (nSPS) is 16.1. The average molecular weight is 556 g/mol. The highest BCUT2D eigenvalue weighted by Crippen LogP contribution is 2.56. The van der Waals surface area contributed by atoms with Crippen molar-refractivity contribution in [3.8, 4) is 23.0 Å². The Morgan fingerprint density at radius 3 is 1.90 bits per heavy atom. The van der Waals surface area contributed by atoms with Crippen LogP contribution in [0, 0.1) is 0 Å². The number of hydrogen-bond donors (Lipinski definition) is 0. The van der Waals surface area contributed by atoms with Crippen molar-refractivity contribution in [1.29, 1.82) is 0 Å². The van der Waals surface area contributed by atoms with Gasteiger partial charge in [-0.15, -0.1) is 0 Å². The molecule has 208 valence electrons. The van der Waals surface area contributed by atoms with Gasteiger partial charge < -0.3 is 23.8 Å². The predicted octanol–water partition coefficient (Wildman–Crippen LogP) is 7.48. The Labute approximate surface area is 244 Å². The van der Waals surface area contributed by atoms with Crippen LogP contribution in [0.15, 0.2) is 115 Å². The molecule has 6 nitrogen and oxygen atoms in total. The van der Waals surface area contributed by atoms with Crippen LogP contribution in [0.1, 0.15) is 38.2 Å². The fourth-order valence-electron chi connectivity index (χ4n) is 6.13. The van der Waals surface area contributed by atoms with Crippen LogP contribution in [0.2, 0.25) is 0 Å². The summed E-state index contributed by atoms with van der Waals surface area (Å²) >= 11 is 0. The second-order valence-electron chi connectivity index (χ2n) is 10.4. The lowest BCUT2D eigenvalue weighted by Gasteiger charge is -2.37. The van der Waals surface area contributed by atoms with Crippen molar-refractivity contribution >= 4 is 11.7 Å². The molecule has 0 saturated carbocycles. The van der Waals surface area contributed by atoms with Crippen LogP contribution < -0.4 is 19.1 Å². The fraction of sp³-hybridized carbons (Fsp3) is 0.139. The molecule has 2 aliphatic heterocycles. The molecule has 6 heteroatoms. The van der Waals surface area contributed by atoms with Crippen molar-refractivity contribution in [1.82, 2.24) is 0 Å². The van der Waals surface area contributed by atoms with E-state index in [-0.39, 0.29) is 5.97 Å². The minimum absolute atomic E-state index is 0.341. The number of carbonyl (C=O) groups is 1. The molecule has 2 heterocycles. The van der Waals surface area contributed by atoms with Crippen LogP contribution in [-0.4, -0.2) is 20.2 Å². The molecule has 5 aromatic rings. The second-order valence-corrected chi connectivity index (χ2v) is 10.4. The van der Waals surface area contributed by atoms with Gasteiger partial charge in [0.1, 0.15) is 23.0 Å². The van der Waals surface area contributed by atoms with Crippen LogP contribution in [-0.2, 0) is 23.4 Å². The van der Waals surface area contributed by atoms with E-state index in [4.69, 9.17) is 18.9 Å². The van der Waals surface area contributed by atoms with E-state index in [1.807, 2.05) is 97.1 Å². The molecule has 0 aromatic heterocycles. The lowest BCUT2D eigenvalue weighted by Crippen LogP contribution is -2.33. The number of rotatable bonds is 7. The largest absolute Gasteiger partial charge is 0.496 e. The van der Waals surface area contributed by atoms with E-state index >= 15 is 0 Å². The minimum atomic E-state index is -1.09. The van der Waals surface area contributed by atoms with E-state index < -0.39 is 5.60 Å². The molecule has 1 unspecified atom stereocenters. The first-order valence-electron chi connectivity index (χ1n) is 13.9. The molecule has 0 fully saturated rings. The lowest BCUT2D eigenvalue weighted by atomic mass is 9.77. The molecule has 0 aliphatic carbocycles. The van der Waals surface area contributed by atoms with Gasteiger partial charge in [0.25, 0.3) is 0 Å². The summed E-state index contributed by atoms with van der Waals surface area (Å²) in [6, 6.07) is 37.5. The van der Waals surface area contributed by atoms with Crippen LogP contribution >= 0.6 is 0 Å². The third-order valence-corrected chi connectivity index (χ3v) is 8.08. The van der Waals surface area contributed by atoms with Gasteiger partial charge in [-0.1, -0.05) is 72.8 Å². The minimum Gasteiger partial charge on any atom is -0.496 e. The molecule has 1 spiro atoms. The molecular formula is C36H29NO5. The Kier molecular flexibility index (Phi) is 6.31. The fourth-order valence-corrected chi connectivity index (χ4v) is 6.13. The quantitative estimate of drug-likeness (QED) is 0.194. The topological polar surface area (TPSA) is 57.2 Å². The monoisotopic (exact) mass is 555 g/mol. The number of para-hydroxylation sites is 3. The number of ether oxygens (including phenoxy) is 4. The maximum Gasteiger partial charge on any atom is 0.340 e. The second kappa shape index (κ2) is 10.3. The number of esters is 1. The van der Waals surface area contributed by atoms with E-state index in [0.717, 1.165) is 45.0 Å². The van der Waals surface area contributed by atoms with Crippen molar-refractivity contribution in [2.45, 2.75) is 18.7 Å². The predicted molar refractivity (Wildman–Crippen MR) is 161 cm³/mol. The SMILES string of the molecule is COc1ccccc1CN(Cc1ccccc1OC)c1ccc2c(c1)Oc1ccccc1C21OC(=O)c2ccccc21. The van der Waals surface area contributed by atoms with E-state index in [9.17, 15) is 4.79 Å². The smallest absolute Gasteiger partial charge is 0.340 e. The summed E-state index contributed by atoms with van der Waals surface area (Å²) in [6.07, 6.45) is 0. The summed E-state index contributed by atoms with van der Waals surface area (Å²) < 4.78 is 24.2. The summed E-state index contributed by atoms with van der Waals surface area (Å²) in [5, 5.41) is 0. The molecule has 7 rings (SSSR count). The van der Waals surface area contributed by atoms with Gasteiger partial charge in [-0.05, 0) is 36.4 Å². The zero-order valence-electron chi connectivity index (χ0n) is 23.4. The first kappa shape index (κ1) is 25.7. The standard InChI is InChI=1S/C36H29NO5/c1-39-31-16-8-3-11-24(31)22-37(23-25-12-4-9-17-32(25)40-2)26-19-20-30-34(21-26)41-33-18-10-7-15-29(33)36(30)28-14-6-5-13-27(28)35(38)42-36/h3-21H,22-23H2,1-2H3. The zero-order chi connectivity index (χ0) is 28.7. The van der Waals surface area contributed by atoms with Crippen LogP contribution in [0.5, 0.6) is 23.0 Å². The first-order chi connectivity index (χ1) is 20.6. The lowest BCUT2D eigenvalue weighted by molar-refractivity contribution is 0.0224. The van der Waals surface area contributed by atoms with Gasteiger partial charge in [0.05, 0.1) is 19.8 Å². The summed E-state index contributed by atoms with van der Waals surface area (Å²) in [5.41, 5.74) is 4.94. The highest BCUT2D eigenvalue weighted by molar-refractivity contribution is 5.97. The summed E-state index contributed by atoms with van der Waals surface area (Å²) in [5.74, 6) is 2.60. The van der Waals surface area contributed by atoms with Crippen LogP contribution in [0.3, 0.4) is 0 Å². The van der Waals surface area contributed by atoms with Gasteiger partial charge in [0, 0.05) is 52.7 Å². The Bertz CT molecular complexity index is 1770. The maximum atomic E-state index is 13.2. The first-order valence-corrected chi connectivity index (χ1v) is 13.9. The maximum absolute atomic E-state index is 13.2. The Morgan fingerprint density at radius 1 is 0.643 bits per heavy atom. The number of fused-ring (bicyclic) bond motifs is 6. The van der Waals surface area contributed by atoms with Crippen LogP contribution in [0.25, 0.3) is 0 Å². The number of hydrogen-bond acceptors (Lipinski definition) is 6. The van der Waals surface area contributed by atoms with Crippen molar-refractivity contribution in [3.05, 3.63) is 149 Å². The molecule has 0 bridgehead atoms. The van der Waals surface area contributed by atoms with Gasteiger partial charge in [0.15, 0.2) is 5.60 Å². The van der Waals surface area contributed by atoms with Crippen molar-refractivity contribution < 1.29 is 23.7 Å². The number of anilines is 1. The Balaban J connectivity index is 1.37. The molecular weight excluding hydrogens is 526 g/mol. The zero-order valence-corrected chi connectivity index (χ0v) is 23.4. The van der Waals surface area contributed by atoms with Crippen molar-refractivity contribution in [2.75, 3.05) is 19.1 Å². The number of benzene rings is 5. The van der Waals surface area contributed by atoms with Gasteiger partial charge in [0.2, 0.25) is 0 Å². The van der Waals surface area contributed by atoms with E-state index in [1.54, 1.807) is 14.2 Å². The molecule has 0 saturated heterocycles. The number of carbonyl (C=O) groups excluding carboxylic acids is 1. The highest BCUT2D eigenvalue weighted by Gasteiger charge is 2.53. The van der Waals surface area contributed by atoms with Gasteiger partial charge in [-0.2, -0.15) is 0 Å². The van der Waals surface area contributed by atoms with E-state index in [1.165, 1.54) is 0 Å². The molecule has 2 aliphatic rings. The van der Waals surface area contributed by atoms with Crippen molar-refractivity contribution in [3.63, 3.8) is 0 Å². The molecule has 0 amide bonds.